The number of hydrogen-bond donors (Lipinski definition) is 0. The average molecular weight is 394 g/mol. The number of halogens is 1. The summed E-state index contributed by atoms with van der Waals surface area (Å²) < 4.78 is 6.96. The normalized spacial score (nSPS) is 11.0. The van der Waals surface area contributed by atoms with Crippen LogP contribution < -0.4 is 4.74 Å². The zero-order valence-electron chi connectivity index (χ0n) is 14.4. The van der Waals surface area contributed by atoms with Gasteiger partial charge in [0.1, 0.15) is 12.4 Å². The van der Waals surface area contributed by atoms with Gasteiger partial charge >= 0.3 is 0 Å². The van der Waals surface area contributed by atoms with Crippen molar-refractivity contribution >= 4 is 27.8 Å². The second kappa shape index (κ2) is 8.13. The molecule has 126 valence electrons. The summed E-state index contributed by atoms with van der Waals surface area (Å²) in [5, 5.41) is 0. The molecule has 3 heteroatoms. The van der Waals surface area contributed by atoms with Crippen molar-refractivity contribution in [1.82, 2.24) is 0 Å². The lowest BCUT2D eigenvalue weighted by Gasteiger charge is -2.07. The molecule has 0 N–H and O–H groups in total. The molecule has 3 aromatic carbocycles. The molecule has 0 amide bonds. The number of aliphatic imine (C=N–C) groups is 1. The number of hydrogen-bond acceptors (Lipinski definition) is 2. The molecule has 0 atom stereocenters. The topological polar surface area (TPSA) is 21.6 Å². The van der Waals surface area contributed by atoms with Crippen LogP contribution in [0.3, 0.4) is 0 Å². The first kappa shape index (κ1) is 17.4. The van der Waals surface area contributed by atoms with Crippen LogP contribution in [-0.2, 0) is 6.61 Å². The number of aryl methyl sites for hydroxylation is 2. The van der Waals surface area contributed by atoms with Gasteiger partial charge in [-0.25, -0.2) is 0 Å². The molecule has 0 aliphatic heterocycles. The Hall–Kier alpha value is -2.39. The van der Waals surface area contributed by atoms with Gasteiger partial charge in [-0.2, -0.15) is 0 Å². The van der Waals surface area contributed by atoms with Gasteiger partial charge in [-0.1, -0.05) is 57.9 Å². The number of ether oxygens (including phenoxy) is 1. The molecule has 25 heavy (non-hydrogen) atoms. The maximum atomic E-state index is 5.89. The fraction of sp³-hybridized carbons (Fsp3) is 0.136. The number of benzene rings is 3. The minimum absolute atomic E-state index is 0.547. The van der Waals surface area contributed by atoms with E-state index in [0.29, 0.717) is 6.61 Å². The molecule has 0 aliphatic carbocycles. The maximum Gasteiger partial charge on any atom is 0.120 e. The van der Waals surface area contributed by atoms with Crippen molar-refractivity contribution in [1.29, 1.82) is 0 Å². The van der Waals surface area contributed by atoms with Gasteiger partial charge in [0, 0.05) is 10.7 Å². The smallest absolute Gasteiger partial charge is 0.120 e. The van der Waals surface area contributed by atoms with E-state index in [1.54, 1.807) is 0 Å². The molecule has 0 saturated carbocycles. The standard InChI is InChI=1S/C22H20BrNO/c1-16-6-11-22(17(2)12-16)24-14-19-4-3-5-21(13-19)25-15-18-7-9-20(23)10-8-18/h3-14H,15H2,1-2H3. The summed E-state index contributed by atoms with van der Waals surface area (Å²) in [4.78, 5) is 4.60. The highest BCUT2D eigenvalue weighted by atomic mass is 79.9. The highest BCUT2D eigenvalue weighted by molar-refractivity contribution is 9.10. The molecule has 0 spiro atoms. The van der Waals surface area contributed by atoms with Crippen molar-refractivity contribution in [3.8, 4) is 5.75 Å². The third-order valence-corrected chi connectivity index (χ3v) is 4.41. The lowest BCUT2D eigenvalue weighted by molar-refractivity contribution is 0.306. The van der Waals surface area contributed by atoms with E-state index in [0.717, 1.165) is 27.0 Å². The molecule has 2 nitrogen and oxygen atoms in total. The first-order valence-electron chi connectivity index (χ1n) is 8.19. The lowest BCUT2D eigenvalue weighted by atomic mass is 10.1. The minimum atomic E-state index is 0.547. The Labute approximate surface area is 157 Å². The van der Waals surface area contributed by atoms with Crippen LogP contribution >= 0.6 is 15.9 Å². The molecule has 3 rings (SSSR count). The van der Waals surface area contributed by atoms with Gasteiger partial charge in [-0.05, 0) is 60.9 Å². The first-order valence-corrected chi connectivity index (χ1v) is 8.98. The summed E-state index contributed by atoms with van der Waals surface area (Å²) in [5.41, 5.74) is 5.58. The van der Waals surface area contributed by atoms with Crippen LogP contribution in [0.5, 0.6) is 5.75 Å². The molecule has 0 aliphatic rings. The number of rotatable bonds is 5. The Morgan fingerprint density at radius 3 is 2.52 bits per heavy atom. The van der Waals surface area contributed by atoms with Gasteiger partial charge in [0.15, 0.2) is 0 Å². The highest BCUT2D eigenvalue weighted by Gasteiger charge is 1.99. The van der Waals surface area contributed by atoms with E-state index in [2.05, 4.69) is 65.1 Å². The van der Waals surface area contributed by atoms with Crippen LogP contribution in [-0.4, -0.2) is 6.21 Å². The van der Waals surface area contributed by atoms with E-state index in [9.17, 15) is 0 Å². The zero-order valence-corrected chi connectivity index (χ0v) is 16.0. The Bertz CT molecular complexity index is 885. The monoisotopic (exact) mass is 393 g/mol. The fourth-order valence-electron chi connectivity index (χ4n) is 2.53. The molecular weight excluding hydrogens is 374 g/mol. The summed E-state index contributed by atoms with van der Waals surface area (Å²) >= 11 is 3.44. The first-order chi connectivity index (χ1) is 12.1. The summed E-state index contributed by atoms with van der Waals surface area (Å²) in [6.45, 7) is 4.72. The van der Waals surface area contributed by atoms with Gasteiger partial charge in [0.2, 0.25) is 0 Å². The lowest BCUT2D eigenvalue weighted by Crippen LogP contribution is -1.95. The molecule has 3 aromatic rings. The van der Waals surface area contributed by atoms with Gasteiger partial charge in [-0.3, -0.25) is 4.99 Å². The van der Waals surface area contributed by atoms with Crippen molar-refractivity contribution < 1.29 is 4.74 Å². The van der Waals surface area contributed by atoms with Crippen molar-refractivity contribution in [2.75, 3.05) is 0 Å². The van der Waals surface area contributed by atoms with Crippen LogP contribution in [0.2, 0.25) is 0 Å². The minimum Gasteiger partial charge on any atom is -0.489 e. The van der Waals surface area contributed by atoms with Crippen molar-refractivity contribution in [3.63, 3.8) is 0 Å². The predicted octanol–water partition coefficient (Wildman–Crippen LogP) is 6.40. The summed E-state index contributed by atoms with van der Waals surface area (Å²) in [6, 6.07) is 22.4. The average Bonchev–Trinajstić information content (AvgIpc) is 2.61. The zero-order chi connectivity index (χ0) is 17.6. The van der Waals surface area contributed by atoms with E-state index in [1.807, 2.05) is 42.6 Å². The second-order valence-corrected chi connectivity index (χ2v) is 6.95. The Morgan fingerprint density at radius 2 is 1.76 bits per heavy atom. The van der Waals surface area contributed by atoms with Crippen LogP contribution in [0.1, 0.15) is 22.3 Å². The molecule has 0 aromatic heterocycles. The van der Waals surface area contributed by atoms with Crippen LogP contribution in [0.25, 0.3) is 0 Å². The SMILES string of the molecule is Cc1ccc(N=Cc2cccc(OCc3ccc(Br)cc3)c2)c(C)c1. The molecular formula is C22H20BrNO. The molecule has 0 bridgehead atoms. The second-order valence-electron chi connectivity index (χ2n) is 6.04. The van der Waals surface area contributed by atoms with Crippen molar-refractivity contribution in [3.05, 3.63) is 93.5 Å². The quantitative estimate of drug-likeness (QED) is 0.459. The largest absolute Gasteiger partial charge is 0.489 e. The molecule has 0 unspecified atom stereocenters. The van der Waals surface area contributed by atoms with Gasteiger partial charge in [-0.15, -0.1) is 0 Å². The van der Waals surface area contributed by atoms with Crippen LogP contribution in [0, 0.1) is 13.8 Å². The molecule has 0 heterocycles. The van der Waals surface area contributed by atoms with Crippen LogP contribution in [0.15, 0.2) is 76.2 Å². The Kier molecular flexibility index (Phi) is 5.67. The Morgan fingerprint density at radius 1 is 0.960 bits per heavy atom. The van der Waals surface area contributed by atoms with E-state index >= 15 is 0 Å². The van der Waals surface area contributed by atoms with E-state index in [-0.39, 0.29) is 0 Å². The van der Waals surface area contributed by atoms with Crippen molar-refractivity contribution in [2.45, 2.75) is 20.5 Å². The van der Waals surface area contributed by atoms with E-state index in [4.69, 9.17) is 4.74 Å². The maximum absolute atomic E-state index is 5.89. The molecule has 0 radical (unpaired) electrons. The summed E-state index contributed by atoms with van der Waals surface area (Å²) in [6.07, 6.45) is 1.88. The predicted molar refractivity (Wildman–Crippen MR) is 108 cm³/mol. The highest BCUT2D eigenvalue weighted by Crippen LogP contribution is 2.20. The third kappa shape index (κ3) is 5.04. The van der Waals surface area contributed by atoms with Gasteiger partial charge in [0.25, 0.3) is 0 Å². The van der Waals surface area contributed by atoms with Crippen molar-refractivity contribution in [2.24, 2.45) is 4.99 Å². The van der Waals surface area contributed by atoms with Gasteiger partial charge in [0.05, 0.1) is 5.69 Å². The van der Waals surface area contributed by atoms with Gasteiger partial charge < -0.3 is 4.74 Å². The third-order valence-electron chi connectivity index (χ3n) is 3.88. The number of nitrogens with zero attached hydrogens (tertiary/aromatic N) is 1. The molecule has 0 saturated heterocycles. The van der Waals surface area contributed by atoms with E-state index in [1.165, 1.54) is 11.1 Å². The van der Waals surface area contributed by atoms with E-state index < -0.39 is 0 Å². The Balaban J connectivity index is 1.68. The summed E-state index contributed by atoms with van der Waals surface area (Å²) in [7, 11) is 0. The summed E-state index contributed by atoms with van der Waals surface area (Å²) in [5.74, 6) is 0.840. The fourth-order valence-corrected chi connectivity index (χ4v) is 2.79. The molecule has 0 fully saturated rings. The van der Waals surface area contributed by atoms with Crippen LogP contribution in [0.4, 0.5) is 5.69 Å².